The molecule has 0 radical (unpaired) electrons. The summed E-state index contributed by atoms with van der Waals surface area (Å²) in [6.45, 7) is 2.60. The standard InChI is InChI=1S/C13H22N2O3S/c16-12(14-11-3-1-2-4-11)9-19-10-13(17)15-5-7-18-8-6-15/h11H,1-10H2,(H,14,16). The Bertz CT molecular complexity index is 313. The fraction of sp³-hybridized carbons (Fsp3) is 0.846. The molecule has 1 saturated carbocycles. The maximum atomic E-state index is 11.8. The summed E-state index contributed by atoms with van der Waals surface area (Å²) in [6.07, 6.45) is 4.63. The number of nitrogens with zero attached hydrogens (tertiary/aromatic N) is 1. The smallest absolute Gasteiger partial charge is 0.232 e. The molecule has 1 aliphatic heterocycles. The first-order chi connectivity index (χ1) is 9.25. The Morgan fingerprint density at radius 2 is 1.84 bits per heavy atom. The predicted molar refractivity (Wildman–Crippen MR) is 75.1 cm³/mol. The van der Waals surface area contributed by atoms with E-state index in [1.54, 1.807) is 0 Å². The molecule has 2 amide bonds. The van der Waals surface area contributed by atoms with Crippen molar-refractivity contribution in [3.63, 3.8) is 0 Å². The van der Waals surface area contributed by atoms with Gasteiger partial charge in [-0.25, -0.2) is 0 Å². The van der Waals surface area contributed by atoms with Crippen molar-refractivity contribution in [2.24, 2.45) is 0 Å². The first-order valence-corrected chi connectivity index (χ1v) is 8.14. The molecule has 0 aromatic carbocycles. The van der Waals surface area contributed by atoms with Gasteiger partial charge in [-0.3, -0.25) is 9.59 Å². The second-order valence-corrected chi connectivity index (χ2v) is 6.02. The molecule has 0 unspecified atom stereocenters. The van der Waals surface area contributed by atoms with Crippen LogP contribution in [0.1, 0.15) is 25.7 Å². The van der Waals surface area contributed by atoms with Crippen molar-refractivity contribution in [3.05, 3.63) is 0 Å². The van der Waals surface area contributed by atoms with Crippen molar-refractivity contribution >= 4 is 23.6 Å². The van der Waals surface area contributed by atoms with Gasteiger partial charge < -0.3 is 15.0 Å². The van der Waals surface area contributed by atoms with E-state index in [4.69, 9.17) is 4.74 Å². The number of rotatable bonds is 5. The molecule has 108 valence electrons. The summed E-state index contributed by atoms with van der Waals surface area (Å²) in [5.41, 5.74) is 0. The van der Waals surface area contributed by atoms with Gasteiger partial charge in [0.15, 0.2) is 0 Å². The number of morpholine rings is 1. The fourth-order valence-corrected chi connectivity index (χ4v) is 3.20. The number of hydrogen-bond donors (Lipinski definition) is 1. The summed E-state index contributed by atoms with van der Waals surface area (Å²) < 4.78 is 5.20. The molecule has 5 nitrogen and oxygen atoms in total. The van der Waals surface area contributed by atoms with Gasteiger partial charge in [-0.05, 0) is 12.8 Å². The van der Waals surface area contributed by atoms with Crippen LogP contribution in [-0.2, 0) is 14.3 Å². The summed E-state index contributed by atoms with van der Waals surface area (Å²) >= 11 is 1.40. The number of carbonyl (C=O) groups is 2. The van der Waals surface area contributed by atoms with Crippen LogP contribution in [0.3, 0.4) is 0 Å². The Morgan fingerprint density at radius 3 is 2.53 bits per heavy atom. The van der Waals surface area contributed by atoms with E-state index < -0.39 is 0 Å². The number of thioether (sulfide) groups is 1. The summed E-state index contributed by atoms with van der Waals surface area (Å²) in [5, 5.41) is 3.03. The lowest BCUT2D eigenvalue weighted by Gasteiger charge is -2.26. The van der Waals surface area contributed by atoms with Gasteiger partial charge in [0, 0.05) is 19.1 Å². The molecule has 2 aliphatic rings. The van der Waals surface area contributed by atoms with Crippen molar-refractivity contribution in [1.29, 1.82) is 0 Å². The van der Waals surface area contributed by atoms with E-state index in [2.05, 4.69) is 5.32 Å². The van der Waals surface area contributed by atoms with Crippen LogP contribution in [-0.4, -0.2) is 60.6 Å². The third-order valence-corrected chi connectivity index (χ3v) is 4.46. The van der Waals surface area contributed by atoms with Crippen LogP contribution < -0.4 is 5.32 Å². The van der Waals surface area contributed by atoms with Crippen molar-refractivity contribution in [2.45, 2.75) is 31.7 Å². The van der Waals surface area contributed by atoms with Crippen LogP contribution in [0.25, 0.3) is 0 Å². The highest BCUT2D eigenvalue weighted by molar-refractivity contribution is 8.00. The Hall–Kier alpha value is -0.750. The lowest BCUT2D eigenvalue weighted by molar-refractivity contribution is -0.132. The summed E-state index contributed by atoms with van der Waals surface area (Å²) in [4.78, 5) is 25.3. The van der Waals surface area contributed by atoms with E-state index in [0.717, 1.165) is 12.8 Å². The summed E-state index contributed by atoms with van der Waals surface area (Å²) in [5.74, 6) is 0.943. The van der Waals surface area contributed by atoms with Gasteiger partial charge in [0.25, 0.3) is 0 Å². The first kappa shape index (κ1) is 14.7. The predicted octanol–water partition coefficient (Wildman–Crippen LogP) is 0.637. The molecular weight excluding hydrogens is 264 g/mol. The van der Waals surface area contributed by atoms with Gasteiger partial charge in [-0.15, -0.1) is 11.8 Å². The largest absolute Gasteiger partial charge is 0.378 e. The van der Waals surface area contributed by atoms with Crippen LogP contribution in [0.2, 0.25) is 0 Å². The molecule has 1 N–H and O–H groups in total. The average molecular weight is 286 g/mol. The van der Waals surface area contributed by atoms with Gasteiger partial charge in [-0.2, -0.15) is 0 Å². The lowest BCUT2D eigenvalue weighted by atomic mass is 10.2. The number of nitrogens with one attached hydrogen (secondary N) is 1. The first-order valence-electron chi connectivity index (χ1n) is 6.98. The zero-order valence-corrected chi connectivity index (χ0v) is 12.0. The Morgan fingerprint density at radius 1 is 1.16 bits per heavy atom. The molecule has 2 fully saturated rings. The topological polar surface area (TPSA) is 58.6 Å². The number of ether oxygens (including phenoxy) is 1. The fourth-order valence-electron chi connectivity index (χ4n) is 2.47. The summed E-state index contributed by atoms with van der Waals surface area (Å²) in [6, 6.07) is 0.364. The maximum Gasteiger partial charge on any atom is 0.232 e. The number of hydrogen-bond acceptors (Lipinski definition) is 4. The van der Waals surface area contributed by atoms with Gasteiger partial charge in [0.2, 0.25) is 11.8 Å². The van der Waals surface area contributed by atoms with Gasteiger partial charge in [0.05, 0.1) is 24.7 Å². The second-order valence-electron chi connectivity index (χ2n) is 5.03. The monoisotopic (exact) mass is 286 g/mol. The molecule has 0 aromatic heterocycles. The average Bonchev–Trinajstić information content (AvgIpc) is 2.92. The Kier molecular flexibility index (Phi) is 5.97. The van der Waals surface area contributed by atoms with Crippen LogP contribution in [0.15, 0.2) is 0 Å². The van der Waals surface area contributed by atoms with Crippen molar-refractivity contribution in [2.75, 3.05) is 37.8 Å². The Balaban J connectivity index is 1.57. The zero-order valence-electron chi connectivity index (χ0n) is 11.2. The van der Waals surface area contributed by atoms with E-state index in [-0.39, 0.29) is 11.8 Å². The number of carbonyl (C=O) groups excluding carboxylic acids is 2. The van der Waals surface area contributed by atoms with Crippen LogP contribution in [0.5, 0.6) is 0 Å². The minimum Gasteiger partial charge on any atom is -0.378 e. The molecule has 1 saturated heterocycles. The molecule has 1 aliphatic carbocycles. The minimum atomic E-state index is 0.0617. The third kappa shape index (κ3) is 5.03. The quantitative estimate of drug-likeness (QED) is 0.805. The molecule has 0 spiro atoms. The van der Waals surface area contributed by atoms with Crippen molar-refractivity contribution < 1.29 is 14.3 Å². The third-order valence-electron chi connectivity index (χ3n) is 3.54. The van der Waals surface area contributed by atoms with E-state index >= 15 is 0 Å². The van der Waals surface area contributed by atoms with Crippen LogP contribution in [0.4, 0.5) is 0 Å². The maximum absolute atomic E-state index is 11.8. The van der Waals surface area contributed by atoms with Gasteiger partial charge in [-0.1, -0.05) is 12.8 Å². The molecule has 0 bridgehead atoms. The molecule has 19 heavy (non-hydrogen) atoms. The minimum absolute atomic E-state index is 0.0617. The molecular formula is C13H22N2O3S. The molecule has 0 atom stereocenters. The van der Waals surface area contributed by atoms with E-state index in [9.17, 15) is 9.59 Å². The highest BCUT2D eigenvalue weighted by Gasteiger charge is 2.19. The Labute approximate surface area is 118 Å². The molecule has 0 aromatic rings. The van der Waals surface area contributed by atoms with Crippen molar-refractivity contribution in [3.8, 4) is 0 Å². The van der Waals surface area contributed by atoms with Crippen LogP contribution >= 0.6 is 11.8 Å². The van der Waals surface area contributed by atoms with Crippen LogP contribution in [0, 0.1) is 0 Å². The zero-order chi connectivity index (χ0) is 13.5. The molecule has 2 rings (SSSR count). The molecule has 6 heteroatoms. The lowest BCUT2D eigenvalue weighted by Crippen LogP contribution is -2.42. The SMILES string of the molecule is O=C(CSCC(=O)N1CCOCC1)NC1CCCC1. The van der Waals surface area contributed by atoms with Gasteiger partial charge in [0.1, 0.15) is 0 Å². The molecule has 1 heterocycles. The van der Waals surface area contributed by atoms with E-state index in [0.29, 0.717) is 43.9 Å². The van der Waals surface area contributed by atoms with E-state index in [1.807, 2.05) is 4.90 Å². The highest BCUT2D eigenvalue weighted by Crippen LogP contribution is 2.17. The highest BCUT2D eigenvalue weighted by atomic mass is 32.2. The second kappa shape index (κ2) is 7.75. The number of amides is 2. The van der Waals surface area contributed by atoms with E-state index in [1.165, 1.54) is 24.6 Å². The summed E-state index contributed by atoms with van der Waals surface area (Å²) in [7, 11) is 0. The normalized spacial score (nSPS) is 20.5. The van der Waals surface area contributed by atoms with Crippen molar-refractivity contribution in [1.82, 2.24) is 10.2 Å². The van der Waals surface area contributed by atoms with Gasteiger partial charge >= 0.3 is 0 Å².